The first-order valence-electron chi connectivity index (χ1n) is 7.80. The Morgan fingerprint density at radius 3 is 2.92 bits per heavy atom. The molecule has 3 rings (SSSR count). The van der Waals surface area contributed by atoms with E-state index in [1.807, 2.05) is 6.07 Å². The number of aliphatic carboxylic acids is 1. The zero-order valence-electron chi connectivity index (χ0n) is 13.3. The van der Waals surface area contributed by atoms with Crippen molar-refractivity contribution >= 4 is 29.3 Å². The molecule has 25 heavy (non-hydrogen) atoms. The van der Waals surface area contributed by atoms with E-state index in [-0.39, 0.29) is 6.42 Å². The minimum atomic E-state index is -0.814. The predicted octanol–water partition coefficient (Wildman–Crippen LogP) is 3.37. The van der Waals surface area contributed by atoms with E-state index >= 15 is 0 Å². The van der Waals surface area contributed by atoms with Crippen LogP contribution in [0, 0.1) is 5.92 Å². The summed E-state index contributed by atoms with van der Waals surface area (Å²) in [6.45, 7) is 2.08. The molecule has 0 radical (unpaired) electrons. The van der Waals surface area contributed by atoms with Gasteiger partial charge in [0.15, 0.2) is 0 Å². The Morgan fingerprint density at radius 1 is 1.40 bits per heavy atom. The molecule has 2 heterocycles. The fraction of sp³-hybridized carbons (Fsp3) is 0.438. The van der Waals surface area contributed by atoms with E-state index in [1.165, 1.54) is 11.8 Å². The summed E-state index contributed by atoms with van der Waals surface area (Å²) in [4.78, 5) is 10.5. The van der Waals surface area contributed by atoms with Gasteiger partial charge in [-0.1, -0.05) is 23.4 Å². The van der Waals surface area contributed by atoms with Gasteiger partial charge >= 0.3 is 5.97 Å². The first-order valence-corrected chi connectivity index (χ1v) is 9.17. The molecule has 0 bridgehead atoms. The second kappa shape index (κ2) is 8.55. The maximum absolute atomic E-state index is 10.5. The predicted molar refractivity (Wildman–Crippen MR) is 92.1 cm³/mol. The van der Waals surface area contributed by atoms with E-state index in [0.717, 1.165) is 13.2 Å². The molecule has 1 saturated heterocycles. The van der Waals surface area contributed by atoms with E-state index in [2.05, 4.69) is 10.2 Å². The topological polar surface area (TPSA) is 94.7 Å². The third kappa shape index (κ3) is 5.10. The number of aromatic nitrogens is 2. The first kappa shape index (κ1) is 18.0. The van der Waals surface area contributed by atoms with Crippen LogP contribution in [0.4, 0.5) is 0 Å². The number of halogens is 1. The highest BCUT2D eigenvalue weighted by molar-refractivity contribution is 7.99. The van der Waals surface area contributed by atoms with Crippen LogP contribution in [0.3, 0.4) is 0 Å². The normalized spacial score (nSPS) is 14.3. The maximum atomic E-state index is 10.5. The van der Waals surface area contributed by atoms with Crippen LogP contribution in [-0.2, 0) is 9.53 Å². The number of hydrogen-bond acceptors (Lipinski definition) is 7. The fourth-order valence-electron chi connectivity index (χ4n) is 2.11. The highest BCUT2D eigenvalue weighted by atomic mass is 35.5. The summed E-state index contributed by atoms with van der Waals surface area (Å²) in [5.74, 6) is 1.23. The molecule has 2 aromatic rings. The molecule has 0 unspecified atom stereocenters. The minimum Gasteiger partial charge on any atom is -0.493 e. The van der Waals surface area contributed by atoms with Crippen LogP contribution < -0.4 is 4.74 Å². The SMILES string of the molecule is O=C(O)CCCSc1nnc(-c2ccc(OCC3COC3)cc2Cl)o1. The quantitative estimate of drug-likeness (QED) is 0.519. The molecule has 0 spiro atoms. The Balaban J connectivity index is 1.56. The van der Waals surface area contributed by atoms with Crippen LogP contribution in [0.2, 0.25) is 5.02 Å². The monoisotopic (exact) mass is 384 g/mol. The number of carbonyl (C=O) groups is 1. The lowest BCUT2D eigenvalue weighted by Gasteiger charge is -2.25. The summed E-state index contributed by atoms with van der Waals surface area (Å²) >= 11 is 7.62. The number of hydrogen-bond donors (Lipinski definition) is 1. The average Bonchev–Trinajstić information content (AvgIpc) is 2.98. The van der Waals surface area contributed by atoms with E-state index < -0.39 is 5.97 Å². The van der Waals surface area contributed by atoms with Crippen molar-refractivity contribution in [2.45, 2.75) is 18.1 Å². The van der Waals surface area contributed by atoms with Gasteiger partial charge in [-0.25, -0.2) is 0 Å². The molecule has 0 saturated carbocycles. The Morgan fingerprint density at radius 2 is 2.24 bits per heavy atom. The summed E-state index contributed by atoms with van der Waals surface area (Å²) in [5, 5.41) is 17.4. The minimum absolute atomic E-state index is 0.119. The molecular weight excluding hydrogens is 368 g/mol. The molecule has 1 N–H and O–H groups in total. The van der Waals surface area contributed by atoms with Gasteiger partial charge in [0.1, 0.15) is 5.75 Å². The third-order valence-electron chi connectivity index (χ3n) is 3.53. The van der Waals surface area contributed by atoms with Crippen molar-refractivity contribution in [2.24, 2.45) is 5.92 Å². The highest BCUT2D eigenvalue weighted by Gasteiger charge is 2.19. The lowest BCUT2D eigenvalue weighted by Crippen LogP contribution is -2.32. The summed E-state index contributed by atoms with van der Waals surface area (Å²) in [6.07, 6.45) is 0.658. The zero-order valence-corrected chi connectivity index (χ0v) is 14.9. The summed E-state index contributed by atoms with van der Waals surface area (Å²) in [6, 6.07) is 5.31. The fourth-order valence-corrected chi connectivity index (χ4v) is 3.06. The first-order chi connectivity index (χ1) is 12.1. The molecule has 1 fully saturated rings. The summed E-state index contributed by atoms with van der Waals surface area (Å²) in [5.41, 5.74) is 0.630. The summed E-state index contributed by atoms with van der Waals surface area (Å²) < 4.78 is 16.4. The molecule has 1 aliphatic heterocycles. The van der Waals surface area contributed by atoms with Crippen molar-refractivity contribution < 1.29 is 23.8 Å². The van der Waals surface area contributed by atoms with E-state index in [4.69, 9.17) is 30.6 Å². The van der Waals surface area contributed by atoms with Crippen LogP contribution in [0.25, 0.3) is 11.5 Å². The standard InChI is InChI=1S/C16H17ClN2O5S/c17-13-6-11(23-9-10-7-22-8-10)3-4-12(13)15-18-19-16(24-15)25-5-1-2-14(20)21/h3-4,6,10H,1-2,5,7-9H2,(H,20,21). The van der Waals surface area contributed by atoms with Crippen molar-refractivity contribution in [1.29, 1.82) is 0 Å². The Hall–Kier alpha value is -1.77. The van der Waals surface area contributed by atoms with Crippen molar-refractivity contribution in [3.8, 4) is 17.2 Å². The largest absolute Gasteiger partial charge is 0.493 e. The number of benzene rings is 1. The van der Waals surface area contributed by atoms with Gasteiger partial charge < -0.3 is 19.0 Å². The number of rotatable bonds is 9. The number of nitrogens with zero attached hydrogens (tertiary/aromatic N) is 2. The number of carboxylic acid groups (broad SMARTS) is 1. The highest BCUT2D eigenvalue weighted by Crippen LogP contribution is 2.32. The van der Waals surface area contributed by atoms with Gasteiger partial charge in [0.05, 0.1) is 30.4 Å². The Bertz CT molecular complexity index is 735. The van der Waals surface area contributed by atoms with Crippen LogP contribution in [0.15, 0.2) is 27.8 Å². The number of carboxylic acids is 1. The lowest BCUT2D eigenvalue weighted by molar-refractivity contribution is -0.137. The Labute approximate surface area is 153 Å². The van der Waals surface area contributed by atoms with Gasteiger partial charge in [0.2, 0.25) is 5.89 Å². The smallest absolute Gasteiger partial charge is 0.303 e. The van der Waals surface area contributed by atoms with Crippen molar-refractivity contribution in [3.05, 3.63) is 23.2 Å². The molecule has 7 nitrogen and oxygen atoms in total. The van der Waals surface area contributed by atoms with Gasteiger partial charge in [-0.15, -0.1) is 10.2 Å². The second-order valence-electron chi connectivity index (χ2n) is 5.58. The zero-order chi connectivity index (χ0) is 17.6. The molecule has 0 atom stereocenters. The Kier molecular flexibility index (Phi) is 6.17. The van der Waals surface area contributed by atoms with Crippen LogP contribution >= 0.6 is 23.4 Å². The number of thioether (sulfide) groups is 1. The molecule has 134 valence electrons. The third-order valence-corrected chi connectivity index (χ3v) is 4.75. The molecule has 1 aromatic heterocycles. The maximum Gasteiger partial charge on any atom is 0.303 e. The van der Waals surface area contributed by atoms with E-state index in [1.54, 1.807) is 12.1 Å². The van der Waals surface area contributed by atoms with Gasteiger partial charge in [0, 0.05) is 18.1 Å². The van der Waals surface area contributed by atoms with Crippen LogP contribution in [-0.4, -0.2) is 46.8 Å². The molecule has 9 heteroatoms. The summed E-state index contributed by atoms with van der Waals surface area (Å²) in [7, 11) is 0. The van der Waals surface area contributed by atoms with Crippen LogP contribution in [0.5, 0.6) is 5.75 Å². The van der Waals surface area contributed by atoms with Gasteiger partial charge in [-0.2, -0.15) is 0 Å². The van der Waals surface area contributed by atoms with Crippen molar-refractivity contribution in [2.75, 3.05) is 25.6 Å². The molecule has 1 aliphatic rings. The van der Waals surface area contributed by atoms with Crippen molar-refractivity contribution in [3.63, 3.8) is 0 Å². The molecule has 0 amide bonds. The van der Waals surface area contributed by atoms with E-state index in [9.17, 15) is 4.79 Å². The average molecular weight is 385 g/mol. The van der Waals surface area contributed by atoms with Crippen LogP contribution in [0.1, 0.15) is 12.8 Å². The van der Waals surface area contributed by atoms with Gasteiger partial charge in [0.25, 0.3) is 5.22 Å². The lowest BCUT2D eigenvalue weighted by atomic mass is 10.1. The number of ether oxygens (including phenoxy) is 2. The van der Waals surface area contributed by atoms with Crippen molar-refractivity contribution in [1.82, 2.24) is 10.2 Å². The van der Waals surface area contributed by atoms with Gasteiger partial charge in [-0.3, -0.25) is 4.79 Å². The molecular formula is C16H17ClN2O5S. The molecule has 1 aromatic carbocycles. The molecule has 0 aliphatic carbocycles. The van der Waals surface area contributed by atoms with E-state index in [0.29, 0.717) is 52.1 Å². The van der Waals surface area contributed by atoms with Gasteiger partial charge in [-0.05, 0) is 24.6 Å². The second-order valence-corrected chi connectivity index (χ2v) is 7.03.